The highest BCUT2D eigenvalue weighted by atomic mass is 32.1. The van der Waals surface area contributed by atoms with Crippen LogP contribution in [0.3, 0.4) is 0 Å². The van der Waals surface area contributed by atoms with Gasteiger partial charge in [0.05, 0.1) is 27.2 Å². The normalized spacial score (nSPS) is 16.0. The van der Waals surface area contributed by atoms with Crippen LogP contribution < -0.4 is 4.74 Å². The van der Waals surface area contributed by atoms with Gasteiger partial charge in [0.1, 0.15) is 18.5 Å². The summed E-state index contributed by atoms with van der Waals surface area (Å²) >= 11 is 1.65. The number of aromatic nitrogens is 3. The summed E-state index contributed by atoms with van der Waals surface area (Å²) in [5.41, 5.74) is 1.44. The molecule has 39 heavy (non-hydrogen) atoms. The molecule has 1 aliphatic heterocycles. The van der Waals surface area contributed by atoms with Crippen LogP contribution in [0, 0.1) is 6.92 Å². The lowest BCUT2D eigenvalue weighted by atomic mass is 9.84. The van der Waals surface area contributed by atoms with Gasteiger partial charge in [0, 0.05) is 44.4 Å². The molecule has 0 spiro atoms. The van der Waals surface area contributed by atoms with E-state index in [0.717, 1.165) is 52.7 Å². The van der Waals surface area contributed by atoms with E-state index in [9.17, 15) is 15.0 Å². The zero-order valence-corrected chi connectivity index (χ0v) is 23.1. The summed E-state index contributed by atoms with van der Waals surface area (Å²) in [7, 11) is 0. The number of nitrogens with zero attached hydrogens (tertiary/aromatic N) is 5. The zero-order chi connectivity index (χ0) is 27.6. The smallest absolute Gasteiger partial charge is 0.313 e. The van der Waals surface area contributed by atoms with Crippen LogP contribution >= 0.6 is 11.3 Å². The van der Waals surface area contributed by atoms with Gasteiger partial charge in [0.25, 0.3) is 0 Å². The third kappa shape index (κ3) is 6.44. The molecule has 206 valence electrons. The number of carboxylic acids is 1. The van der Waals surface area contributed by atoms with E-state index in [0.29, 0.717) is 30.4 Å². The number of thiazole rings is 1. The number of aliphatic carboxylic acids is 1. The molecule has 2 aromatic carbocycles. The quantitative estimate of drug-likeness (QED) is 0.302. The first-order valence-electron chi connectivity index (χ1n) is 13.0. The van der Waals surface area contributed by atoms with Crippen LogP contribution in [0.15, 0.2) is 47.0 Å². The number of fused-ring (bicyclic) bond motifs is 1. The summed E-state index contributed by atoms with van der Waals surface area (Å²) in [6, 6.07) is 13.1. The SMILES string of the molecule is Cc1nc2cc(OC[C@@H](O)CN3CCN(Cc4nc(-c5ccc(C(C)(C)C(=O)O)cc5)no4)CC3)ccc2s1. The van der Waals surface area contributed by atoms with E-state index in [1.807, 2.05) is 37.3 Å². The topological polar surface area (TPSA) is 125 Å². The second-order valence-electron chi connectivity index (χ2n) is 10.4. The van der Waals surface area contributed by atoms with Crippen molar-refractivity contribution in [2.45, 2.75) is 38.8 Å². The number of aliphatic hydroxyl groups is 1. The number of piperazine rings is 1. The first kappa shape index (κ1) is 27.2. The summed E-state index contributed by atoms with van der Waals surface area (Å²) in [6.45, 7) is 9.96. The maximum absolute atomic E-state index is 11.5. The Morgan fingerprint density at radius 3 is 2.54 bits per heavy atom. The summed E-state index contributed by atoms with van der Waals surface area (Å²) in [6.07, 6.45) is -0.588. The van der Waals surface area contributed by atoms with Crippen LogP contribution in [0.2, 0.25) is 0 Å². The molecular formula is C28H33N5O5S. The predicted molar refractivity (Wildman–Crippen MR) is 148 cm³/mol. The fraction of sp³-hybridized carbons (Fsp3) is 0.429. The number of carbonyl (C=O) groups is 1. The second-order valence-corrected chi connectivity index (χ2v) is 11.7. The van der Waals surface area contributed by atoms with Crippen molar-refractivity contribution in [2.75, 3.05) is 39.3 Å². The van der Waals surface area contributed by atoms with Gasteiger partial charge in [-0.05, 0) is 38.5 Å². The van der Waals surface area contributed by atoms with Gasteiger partial charge in [-0.25, -0.2) is 4.98 Å². The molecule has 3 heterocycles. The molecule has 1 aliphatic rings. The van der Waals surface area contributed by atoms with E-state index in [1.54, 1.807) is 37.3 Å². The molecule has 1 atom stereocenters. The Morgan fingerprint density at radius 1 is 1.10 bits per heavy atom. The van der Waals surface area contributed by atoms with Crippen LogP contribution in [0.4, 0.5) is 0 Å². The minimum Gasteiger partial charge on any atom is -0.491 e. The molecule has 0 amide bonds. The number of aliphatic hydroxyl groups excluding tert-OH is 1. The monoisotopic (exact) mass is 551 g/mol. The highest BCUT2D eigenvalue weighted by Gasteiger charge is 2.29. The van der Waals surface area contributed by atoms with Crippen molar-refractivity contribution in [1.82, 2.24) is 24.9 Å². The molecule has 0 bridgehead atoms. The standard InChI is InChI=1S/C28H33N5O5S/c1-18-29-23-14-22(8-9-24(23)39-18)37-17-21(34)15-32-10-12-33(13-11-32)16-25-30-26(31-38-25)19-4-6-20(7-5-19)28(2,3)27(35)36/h4-9,14,21,34H,10-13,15-17H2,1-3H3,(H,35,36)/t21-/m0/s1. The van der Waals surface area contributed by atoms with Gasteiger partial charge in [0.15, 0.2) is 0 Å². The number of rotatable bonds is 10. The van der Waals surface area contributed by atoms with Crippen molar-refractivity contribution in [2.24, 2.45) is 0 Å². The highest BCUT2D eigenvalue weighted by Crippen LogP contribution is 2.27. The van der Waals surface area contributed by atoms with E-state index in [4.69, 9.17) is 9.26 Å². The molecule has 5 rings (SSSR count). The van der Waals surface area contributed by atoms with Gasteiger partial charge >= 0.3 is 5.97 Å². The molecule has 0 unspecified atom stereocenters. The number of aryl methyl sites for hydroxylation is 1. The average Bonchev–Trinajstić information content (AvgIpc) is 3.54. The van der Waals surface area contributed by atoms with E-state index in [-0.39, 0.29) is 6.61 Å². The number of benzene rings is 2. The Hall–Kier alpha value is -3.38. The Labute approximate surface area is 230 Å². The van der Waals surface area contributed by atoms with Crippen LogP contribution in [0.25, 0.3) is 21.6 Å². The first-order valence-corrected chi connectivity index (χ1v) is 13.8. The van der Waals surface area contributed by atoms with Gasteiger partial charge in [0.2, 0.25) is 11.7 Å². The van der Waals surface area contributed by atoms with E-state index in [1.165, 1.54) is 0 Å². The molecule has 11 heteroatoms. The van der Waals surface area contributed by atoms with Gasteiger partial charge in [-0.2, -0.15) is 4.98 Å². The first-order chi connectivity index (χ1) is 18.7. The number of carboxylic acid groups (broad SMARTS) is 1. The molecule has 2 N–H and O–H groups in total. The lowest BCUT2D eigenvalue weighted by molar-refractivity contribution is -0.142. The molecule has 1 saturated heterocycles. The zero-order valence-electron chi connectivity index (χ0n) is 22.3. The average molecular weight is 552 g/mol. The molecule has 1 fully saturated rings. The van der Waals surface area contributed by atoms with Crippen LogP contribution in [-0.4, -0.2) is 86.5 Å². The fourth-order valence-corrected chi connectivity index (χ4v) is 5.38. The van der Waals surface area contributed by atoms with Crippen molar-refractivity contribution in [3.8, 4) is 17.1 Å². The van der Waals surface area contributed by atoms with Crippen molar-refractivity contribution in [3.05, 3.63) is 58.9 Å². The Morgan fingerprint density at radius 2 is 1.82 bits per heavy atom. The predicted octanol–water partition coefficient (Wildman–Crippen LogP) is 3.57. The summed E-state index contributed by atoms with van der Waals surface area (Å²) in [5, 5.41) is 25.1. The highest BCUT2D eigenvalue weighted by molar-refractivity contribution is 7.18. The largest absolute Gasteiger partial charge is 0.491 e. The number of β-amino-alcohol motifs (C(OH)–C–C–N with tert-alkyl or cyclic N) is 1. The molecule has 0 radical (unpaired) electrons. The van der Waals surface area contributed by atoms with Crippen molar-refractivity contribution in [1.29, 1.82) is 0 Å². The number of ether oxygens (including phenoxy) is 1. The Balaban J connectivity index is 1.06. The Bertz CT molecular complexity index is 1430. The lowest BCUT2D eigenvalue weighted by Gasteiger charge is -2.34. The van der Waals surface area contributed by atoms with Crippen molar-refractivity contribution < 1.29 is 24.3 Å². The van der Waals surface area contributed by atoms with Gasteiger partial charge in [-0.15, -0.1) is 11.3 Å². The van der Waals surface area contributed by atoms with Crippen molar-refractivity contribution >= 4 is 27.5 Å². The summed E-state index contributed by atoms with van der Waals surface area (Å²) < 4.78 is 12.4. The van der Waals surface area contributed by atoms with E-state index in [2.05, 4.69) is 24.9 Å². The van der Waals surface area contributed by atoms with Gasteiger partial charge in [-0.1, -0.05) is 29.4 Å². The second kappa shape index (κ2) is 11.4. The fourth-order valence-electron chi connectivity index (χ4n) is 4.57. The third-order valence-corrected chi connectivity index (χ3v) is 8.02. The number of hydrogen-bond acceptors (Lipinski definition) is 10. The Kier molecular flexibility index (Phi) is 7.94. The minimum atomic E-state index is -0.970. The molecular weight excluding hydrogens is 518 g/mol. The number of hydrogen-bond donors (Lipinski definition) is 2. The van der Waals surface area contributed by atoms with Crippen LogP contribution in [-0.2, 0) is 16.8 Å². The maximum atomic E-state index is 11.5. The lowest BCUT2D eigenvalue weighted by Crippen LogP contribution is -2.48. The summed E-state index contributed by atoms with van der Waals surface area (Å²) in [5.74, 6) is 0.861. The molecule has 2 aromatic heterocycles. The van der Waals surface area contributed by atoms with E-state index >= 15 is 0 Å². The third-order valence-electron chi connectivity index (χ3n) is 7.07. The van der Waals surface area contributed by atoms with Crippen molar-refractivity contribution in [3.63, 3.8) is 0 Å². The minimum absolute atomic E-state index is 0.231. The van der Waals surface area contributed by atoms with Gasteiger partial charge < -0.3 is 19.5 Å². The van der Waals surface area contributed by atoms with Crippen LogP contribution in [0.5, 0.6) is 5.75 Å². The maximum Gasteiger partial charge on any atom is 0.313 e. The van der Waals surface area contributed by atoms with Gasteiger partial charge in [-0.3, -0.25) is 14.6 Å². The van der Waals surface area contributed by atoms with E-state index < -0.39 is 17.5 Å². The molecule has 4 aromatic rings. The molecule has 0 aliphatic carbocycles. The van der Waals surface area contributed by atoms with Crippen LogP contribution in [0.1, 0.15) is 30.3 Å². The summed E-state index contributed by atoms with van der Waals surface area (Å²) in [4.78, 5) is 25.0. The molecule has 0 saturated carbocycles. The molecule has 10 nitrogen and oxygen atoms in total.